The highest BCUT2D eigenvalue weighted by Gasteiger charge is 2.43. The normalized spacial score (nSPS) is 14.3. The number of hydrogen-bond donors (Lipinski definition) is 0. The van der Waals surface area contributed by atoms with Gasteiger partial charge in [-0.05, 0) is 123 Å². The number of fused-ring (bicyclic) bond motifs is 6. The third-order valence-corrected chi connectivity index (χ3v) is 14.4. The number of anilines is 3. The molecular weight excluding hydrogens is 761 g/mol. The molecule has 1 aromatic heterocycles. The SMILES string of the molecule is CCCCCCC1(CCCCCC)c2ccccc2N(c2ccccc2)c2ccc(-c3ccc4nc(-c5ccc6c(c5)C(C)(C)c5ccccc5-6)cc(-c5ccccc5)c4c3)cc21. The maximum atomic E-state index is 5.44. The van der Waals surface area contributed by atoms with Gasteiger partial charge in [0, 0.05) is 27.5 Å². The lowest BCUT2D eigenvalue weighted by atomic mass is 9.64. The van der Waals surface area contributed by atoms with Gasteiger partial charge in [-0.25, -0.2) is 4.98 Å². The van der Waals surface area contributed by atoms with Crippen LogP contribution in [-0.2, 0) is 10.8 Å². The fourth-order valence-corrected chi connectivity index (χ4v) is 11.1. The van der Waals surface area contributed by atoms with Gasteiger partial charge in [0.25, 0.3) is 0 Å². The molecule has 0 radical (unpaired) electrons. The quantitative estimate of drug-likeness (QED) is 0.102. The molecule has 7 aromatic carbocycles. The highest BCUT2D eigenvalue weighted by Crippen LogP contribution is 2.57. The lowest BCUT2D eigenvalue weighted by Crippen LogP contribution is -2.36. The van der Waals surface area contributed by atoms with Crippen molar-refractivity contribution in [2.45, 2.75) is 103 Å². The molecule has 0 N–H and O–H groups in total. The Hall–Kier alpha value is -6.25. The number of rotatable bonds is 14. The van der Waals surface area contributed by atoms with E-state index >= 15 is 0 Å². The van der Waals surface area contributed by atoms with Crippen molar-refractivity contribution in [3.8, 4) is 44.6 Å². The Labute approximate surface area is 375 Å². The lowest BCUT2D eigenvalue weighted by molar-refractivity contribution is 0.391. The molecule has 10 rings (SSSR count). The van der Waals surface area contributed by atoms with Crippen LogP contribution in [0.15, 0.2) is 170 Å². The zero-order valence-electron chi connectivity index (χ0n) is 37.6. The second-order valence-corrected chi connectivity index (χ2v) is 18.7. The van der Waals surface area contributed by atoms with E-state index in [9.17, 15) is 0 Å². The summed E-state index contributed by atoms with van der Waals surface area (Å²) in [6.45, 7) is 9.36. The van der Waals surface area contributed by atoms with Crippen molar-refractivity contribution >= 4 is 28.0 Å². The van der Waals surface area contributed by atoms with Gasteiger partial charge in [-0.15, -0.1) is 0 Å². The average molecular weight is 821 g/mol. The molecule has 1 aliphatic carbocycles. The van der Waals surface area contributed by atoms with Crippen LogP contribution in [0.5, 0.6) is 0 Å². The van der Waals surface area contributed by atoms with Gasteiger partial charge < -0.3 is 4.90 Å². The van der Waals surface area contributed by atoms with E-state index in [2.05, 4.69) is 202 Å². The maximum Gasteiger partial charge on any atom is 0.0716 e. The average Bonchev–Trinajstić information content (AvgIpc) is 3.56. The van der Waals surface area contributed by atoms with E-state index in [0.29, 0.717) is 0 Å². The number of para-hydroxylation sites is 2. The highest BCUT2D eigenvalue weighted by molar-refractivity contribution is 6.00. The van der Waals surface area contributed by atoms with Crippen LogP contribution in [0.25, 0.3) is 55.5 Å². The van der Waals surface area contributed by atoms with Crippen molar-refractivity contribution in [2.75, 3.05) is 4.90 Å². The van der Waals surface area contributed by atoms with E-state index in [1.165, 1.54) is 129 Å². The fraction of sp³-hybridized carbons (Fsp3) is 0.262. The summed E-state index contributed by atoms with van der Waals surface area (Å²) >= 11 is 0. The molecule has 0 spiro atoms. The zero-order valence-corrected chi connectivity index (χ0v) is 37.6. The molecule has 0 fully saturated rings. The zero-order chi connectivity index (χ0) is 43.0. The summed E-state index contributed by atoms with van der Waals surface area (Å²) in [5.41, 5.74) is 20.2. The standard InChI is InChI=1S/C61H60N2/c1-5-7-9-21-37-61(38-22-10-8-6-2)53-29-19-20-30-58(53)63(47-25-15-12-16-26-47)59-36-33-45(40-55(59)61)44-32-35-56-51(39-44)50(43-23-13-11-14-24-43)42-57(62-56)46-31-34-49-48-27-17-18-28-52(48)60(3,4)54(49)41-46/h11-20,23-36,39-42H,5-10,21-22,37-38H2,1-4H3. The third-order valence-electron chi connectivity index (χ3n) is 14.4. The van der Waals surface area contributed by atoms with E-state index in [4.69, 9.17) is 4.98 Å². The first kappa shape index (κ1) is 40.8. The summed E-state index contributed by atoms with van der Waals surface area (Å²) in [6.07, 6.45) is 12.4. The van der Waals surface area contributed by atoms with Crippen molar-refractivity contribution in [3.05, 3.63) is 192 Å². The molecule has 8 aromatic rings. The smallest absolute Gasteiger partial charge is 0.0716 e. The van der Waals surface area contributed by atoms with Crippen LogP contribution in [0.2, 0.25) is 0 Å². The van der Waals surface area contributed by atoms with Crippen LogP contribution in [0.4, 0.5) is 17.1 Å². The maximum absolute atomic E-state index is 5.44. The van der Waals surface area contributed by atoms with Gasteiger partial charge in [0.2, 0.25) is 0 Å². The van der Waals surface area contributed by atoms with E-state index in [1.807, 2.05) is 0 Å². The van der Waals surface area contributed by atoms with Crippen molar-refractivity contribution in [2.24, 2.45) is 0 Å². The highest BCUT2D eigenvalue weighted by atomic mass is 15.2. The third kappa shape index (κ3) is 7.28. The molecule has 314 valence electrons. The summed E-state index contributed by atoms with van der Waals surface area (Å²) < 4.78 is 0. The summed E-state index contributed by atoms with van der Waals surface area (Å²) in [5.74, 6) is 0. The minimum absolute atomic E-state index is 0.0758. The van der Waals surface area contributed by atoms with Crippen LogP contribution in [-0.4, -0.2) is 4.98 Å². The molecule has 2 aliphatic rings. The molecule has 0 unspecified atom stereocenters. The number of unbranched alkanes of at least 4 members (excludes halogenated alkanes) is 6. The van der Waals surface area contributed by atoms with Crippen LogP contribution in [0.1, 0.15) is 114 Å². The number of benzene rings is 7. The predicted molar refractivity (Wildman–Crippen MR) is 269 cm³/mol. The van der Waals surface area contributed by atoms with E-state index < -0.39 is 0 Å². The molecular formula is C61H60N2. The molecule has 2 heterocycles. The first-order valence-electron chi connectivity index (χ1n) is 23.8. The summed E-state index contributed by atoms with van der Waals surface area (Å²) in [4.78, 5) is 7.97. The molecule has 0 amide bonds. The molecule has 63 heavy (non-hydrogen) atoms. The van der Waals surface area contributed by atoms with Gasteiger partial charge in [-0.1, -0.05) is 194 Å². The van der Waals surface area contributed by atoms with Crippen LogP contribution < -0.4 is 4.90 Å². The monoisotopic (exact) mass is 820 g/mol. The molecule has 2 heteroatoms. The largest absolute Gasteiger partial charge is 0.310 e. The molecule has 0 saturated heterocycles. The van der Waals surface area contributed by atoms with Gasteiger partial charge in [0.05, 0.1) is 22.6 Å². The first-order valence-corrected chi connectivity index (χ1v) is 23.8. The molecule has 0 saturated carbocycles. The van der Waals surface area contributed by atoms with Gasteiger partial charge in [-0.3, -0.25) is 0 Å². The number of nitrogens with zero attached hydrogens (tertiary/aromatic N) is 2. The predicted octanol–water partition coefficient (Wildman–Crippen LogP) is 17.6. The second-order valence-electron chi connectivity index (χ2n) is 18.7. The van der Waals surface area contributed by atoms with Crippen molar-refractivity contribution in [3.63, 3.8) is 0 Å². The van der Waals surface area contributed by atoms with Crippen LogP contribution in [0.3, 0.4) is 0 Å². The number of aromatic nitrogens is 1. The fourth-order valence-electron chi connectivity index (χ4n) is 11.1. The minimum Gasteiger partial charge on any atom is -0.310 e. The Balaban J connectivity index is 1.13. The lowest BCUT2D eigenvalue weighted by Gasteiger charge is -2.46. The van der Waals surface area contributed by atoms with E-state index in [-0.39, 0.29) is 10.8 Å². The van der Waals surface area contributed by atoms with Gasteiger partial charge >= 0.3 is 0 Å². The van der Waals surface area contributed by atoms with Gasteiger partial charge in [-0.2, -0.15) is 0 Å². The van der Waals surface area contributed by atoms with Crippen molar-refractivity contribution < 1.29 is 0 Å². The Morgan fingerprint density at radius 1 is 0.429 bits per heavy atom. The molecule has 0 atom stereocenters. The van der Waals surface area contributed by atoms with Gasteiger partial charge in [0.15, 0.2) is 0 Å². The van der Waals surface area contributed by atoms with E-state index in [0.717, 1.165) is 29.6 Å². The summed E-state index contributed by atoms with van der Waals surface area (Å²) in [7, 11) is 0. The minimum atomic E-state index is -0.0804. The Morgan fingerprint density at radius 3 is 1.76 bits per heavy atom. The number of hydrogen-bond acceptors (Lipinski definition) is 2. The first-order chi connectivity index (χ1) is 30.9. The Kier molecular flexibility index (Phi) is 11.1. The van der Waals surface area contributed by atoms with Crippen molar-refractivity contribution in [1.29, 1.82) is 0 Å². The van der Waals surface area contributed by atoms with E-state index in [1.54, 1.807) is 0 Å². The van der Waals surface area contributed by atoms with Crippen LogP contribution in [0, 0.1) is 0 Å². The molecule has 1 aliphatic heterocycles. The second kappa shape index (κ2) is 17.1. The number of pyridine rings is 1. The summed E-state index contributed by atoms with van der Waals surface area (Å²) in [6, 6.07) is 63.8. The topological polar surface area (TPSA) is 16.1 Å². The Morgan fingerprint density at radius 2 is 1.02 bits per heavy atom. The van der Waals surface area contributed by atoms with Gasteiger partial charge in [0.1, 0.15) is 0 Å². The molecule has 2 nitrogen and oxygen atoms in total. The van der Waals surface area contributed by atoms with Crippen molar-refractivity contribution in [1.82, 2.24) is 4.98 Å². The summed E-state index contributed by atoms with van der Waals surface area (Å²) in [5, 5.41) is 1.18. The Bertz CT molecular complexity index is 2890. The van der Waals surface area contributed by atoms with Crippen LogP contribution >= 0.6 is 0 Å². The molecule has 0 bridgehead atoms.